The van der Waals surface area contributed by atoms with Crippen LogP contribution in [0.4, 0.5) is 0 Å². The van der Waals surface area contributed by atoms with Crippen molar-refractivity contribution < 1.29 is 4.74 Å². The van der Waals surface area contributed by atoms with Gasteiger partial charge < -0.3 is 15.0 Å². The standard InChI is InChI=1S/C15H32N2O/c1-4-14(2)12-17-9-6-15(7-10-17)13-18-11-5-8-16-3/h14-16H,4-13H2,1-3H3. The molecule has 1 saturated heterocycles. The van der Waals surface area contributed by atoms with Gasteiger partial charge in [0.1, 0.15) is 0 Å². The van der Waals surface area contributed by atoms with Crippen LogP contribution >= 0.6 is 0 Å². The summed E-state index contributed by atoms with van der Waals surface area (Å²) in [7, 11) is 1.99. The van der Waals surface area contributed by atoms with Gasteiger partial charge in [0.05, 0.1) is 0 Å². The van der Waals surface area contributed by atoms with Gasteiger partial charge in [0.2, 0.25) is 0 Å². The molecule has 0 spiro atoms. The van der Waals surface area contributed by atoms with Crippen LogP contribution in [0, 0.1) is 11.8 Å². The van der Waals surface area contributed by atoms with E-state index in [1.165, 1.54) is 38.9 Å². The summed E-state index contributed by atoms with van der Waals surface area (Å²) in [5.74, 6) is 1.65. The Kier molecular flexibility index (Phi) is 8.64. The highest BCUT2D eigenvalue weighted by Crippen LogP contribution is 2.19. The lowest BCUT2D eigenvalue weighted by Gasteiger charge is -2.33. The molecule has 0 bridgehead atoms. The zero-order valence-corrected chi connectivity index (χ0v) is 12.6. The zero-order valence-electron chi connectivity index (χ0n) is 12.6. The molecule has 0 radical (unpaired) electrons. The molecular formula is C15H32N2O. The number of hydrogen-bond acceptors (Lipinski definition) is 3. The summed E-state index contributed by atoms with van der Waals surface area (Å²) in [6.07, 6.45) is 5.07. The highest BCUT2D eigenvalue weighted by atomic mass is 16.5. The predicted molar refractivity (Wildman–Crippen MR) is 78.0 cm³/mol. The quantitative estimate of drug-likeness (QED) is 0.641. The predicted octanol–water partition coefficient (Wildman–Crippen LogP) is 2.37. The van der Waals surface area contributed by atoms with Crippen molar-refractivity contribution in [3.8, 4) is 0 Å². The monoisotopic (exact) mass is 256 g/mol. The third-order valence-electron chi connectivity index (χ3n) is 4.04. The summed E-state index contributed by atoms with van der Waals surface area (Å²) >= 11 is 0. The highest BCUT2D eigenvalue weighted by molar-refractivity contribution is 4.73. The van der Waals surface area contributed by atoms with Crippen LogP contribution in [0.25, 0.3) is 0 Å². The van der Waals surface area contributed by atoms with Crippen molar-refractivity contribution in [2.24, 2.45) is 11.8 Å². The van der Waals surface area contributed by atoms with E-state index in [9.17, 15) is 0 Å². The maximum absolute atomic E-state index is 5.75. The molecule has 0 aromatic heterocycles. The normalized spacial score (nSPS) is 20.2. The molecule has 1 heterocycles. The first-order valence-corrected chi connectivity index (χ1v) is 7.71. The summed E-state index contributed by atoms with van der Waals surface area (Å²) in [4.78, 5) is 2.63. The summed E-state index contributed by atoms with van der Waals surface area (Å²) in [5.41, 5.74) is 0. The second-order valence-electron chi connectivity index (χ2n) is 5.79. The second-order valence-corrected chi connectivity index (χ2v) is 5.79. The number of piperidine rings is 1. The lowest BCUT2D eigenvalue weighted by molar-refractivity contribution is 0.0628. The van der Waals surface area contributed by atoms with Gasteiger partial charge >= 0.3 is 0 Å². The van der Waals surface area contributed by atoms with Crippen molar-refractivity contribution in [1.82, 2.24) is 10.2 Å². The van der Waals surface area contributed by atoms with Crippen LogP contribution in [-0.2, 0) is 4.74 Å². The smallest absolute Gasteiger partial charge is 0.0495 e. The number of nitrogens with zero attached hydrogens (tertiary/aromatic N) is 1. The van der Waals surface area contributed by atoms with E-state index in [0.717, 1.165) is 38.0 Å². The fourth-order valence-corrected chi connectivity index (χ4v) is 2.51. The van der Waals surface area contributed by atoms with Crippen molar-refractivity contribution in [2.75, 3.05) is 46.4 Å². The third kappa shape index (κ3) is 6.72. The first-order chi connectivity index (χ1) is 8.76. The average molecular weight is 256 g/mol. The molecule has 0 aromatic carbocycles. The van der Waals surface area contributed by atoms with Crippen molar-refractivity contribution in [2.45, 2.75) is 39.5 Å². The van der Waals surface area contributed by atoms with E-state index in [0.29, 0.717) is 0 Å². The van der Waals surface area contributed by atoms with Crippen LogP contribution in [0.1, 0.15) is 39.5 Å². The maximum Gasteiger partial charge on any atom is 0.0495 e. The Labute approximate surface area is 113 Å². The molecule has 1 unspecified atom stereocenters. The van der Waals surface area contributed by atoms with Crippen molar-refractivity contribution in [1.29, 1.82) is 0 Å². The first-order valence-electron chi connectivity index (χ1n) is 7.71. The van der Waals surface area contributed by atoms with Crippen LogP contribution in [0.5, 0.6) is 0 Å². The molecule has 1 aliphatic rings. The minimum Gasteiger partial charge on any atom is -0.381 e. The third-order valence-corrected chi connectivity index (χ3v) is 4.04. The van der Waals surface area contributed by atoms with E-state index in [1.54, 1.807) is 0 Å². The number of likely N-dealkylation sites (tertiary alicyclic amines) is 1. The van der Waals surface area contributed by atoms with Crippen LogP contribution in [0.3, 0.4) is 0 Å². The Hall–Kier alpha value is -0.120. The SMILES string of the molecule is CCC(C)CN1CCC(COCCCNC)CC1. The maximum atomic E-state index is 5.75. The van der Waals surface area contributed by atoms with E-state index in [1.807, 2.05) is 7.05 Å². The summed E-state index contributed by atoms with van der Waals surface area (Å²) < 4.78 is 5.75. The summed E-state index contributed by atoms with van der Waals surface area (Å²) in [6, 6.07) is 0. The zero-order chi connectivity index (χ0) is 13.2. The summed E-state index contributed by atoms with van der Waals surface area (Å²) in [5, 5.41) is 3.15. The first kappa shape index (κ1) is 15.9. The van der Waals surface area contributed by atoms with Gasteiger partial charge in [0.15, 0.2) is 0 Å². The number of ether oxygens (including phenoxy) is 1. The molecule has 1 atom stereocenters. The lowest BCUT2D eigenvalue weighted by Crippen LogP contribution is -2.37. The fraction of sp³-hybridized carbons (Fsp3) is 1.00. The van der Waals surface area contributed by atoms with Crippen LogP contribution in [0.15, 0.2) is 0 Å². The molecule has 1 N–H and O–H groups in total. The number of hydrogen-bond donors (Lipinski definition) is 1. The van der Waals surface area contributed by atoms with Gasteiger partial charge in [0, 0.05) is 19.8 Å². The van der Waals surface area contributed by atoms with Gasteiger partial charge in [-0.1, -0.05) is 20.3 Å². The van der Waals surface area contributed by atoms with Gasteiger partial charge in [-0.3, -0.25) is 0 Å². The number of rotatable bonds is 9. The molecular weight excluding hydrogens is 224 g/mol. The van der Waals surface area contributed by atoms with Crippen LogP contribution < -0.4 is 5.32 Å². The Bertz CT molecular complexity index is 191. The Morgan fingerprint density at radius 1 is 1.33 bits per heavy atom. The van der Waals surface area contributed by atoms with E-state index < -0.39 is 0 Å². The molecule has 1 rings (SSSR count). The molecule has 0 aliphatic carbocycles. The summed E-state index contributed by atoms with van der Waals surface area (Å²) in [6.45, 7) is 11.4. The van der Waals surface area contributed by atoms with E-state index >= 15 is 0 Å². The Morgan fingerprint density at radius 2 is 2.06 bits per heavy atom. The largest absolute Gasteiger partial charge is 0.381 e. The highest BCUT2D eigenvalue weighted by Gasteiger charge is 2.19. The minimum atomic E-state index is 0.799. The van der Waals surface area contributed by atoms with Gasteiger partial charge in [0.25, 0.3) is 0 Å². The van der Waals surface area contributed by atoms with Crippen LogP contribution in [0.2, 0.25) is 0 Å². The Morgan fingerprint density at radius 3 is 2.67 bits per heavy atom. The molecule has 108 valence electrons. The van der Waals surface area contributed by atoms with E-state index in [4.69, 9.17) is 4.74 Å². The molecule has 18 heavy (non-hydrogen) atoms. The molecule has 0 aromatic rings. The van der Waals surface area contributed by atoms with Crippen molar-refractivity contribution >= 4 is 0 Å². The van der Waals surface area contributed by atoms with E-state index in [2.05, 4.69) is 24.1 Å². The van der Waals surface area contributed by atoms with Gasteiger partial charge in [-0.25, -0.2) is 0 Å². The van der Waals surface area contributed by atoms with Crippen molar-refractivity contribution in [3.63, 3.8) is 0 Å². The molecule has 1 fully saturated rings. The molecule has 0 saturated carbocycles. The van der Waals surface area contributed by atoms with Gasteiger partial charge in [-0.2, -0.15) is 0 Å². The van der Waals surface area contributed by atoms with E-state index in [-0.39, 0.29) is 0 Å². The topological polar surface area (TPSA) is 24.5 Å². The lowest BCUT2D eigenvalue weighted by atomic mass is 9.96. The minimum absolute atomic E-state index is 0.799. The Balaban J connectivity index is 2.01. The molecule has 3 heteroatoms. The van der Waals surface area contributed by atoms with Crippen molar-refractivity contribution in [3.05, 3.63) is 0 Å². The average Bonchev–Trinajstić information content (AvgIpc) is 2.40. The molecule has 0 amide bonds. The molecule has 1 aliphatic heterocycles. The second kappa shape index (κ2) is 9.76. The molecule has 3 nitrogen and oxygen atoms in total. The fourth-order valence-electron chi connectivity index (χ4n) is 2.51. The van der Waals surface area contributed by atoms with Gasteiger partial charge in [-0.05, 0) is 57.8 Å². The van der Waals surface area contributed by atoms with Crippen LogP contribution in [-0.4, -0.2) is 51.3 Å². The van der Waals surface area contributed by atoms with Gasteiger partial charge in [-0.15, -0.1) is 0 Å². The number of nitrogens with one attached hydrogen (secondary N) is 1.